The van der Waals surface area contributed by atoms with Gasteiger partial charge in [0.05, 0.1) is 18.1 Å². The topological polar surface area (TPSA) is 66.8 Å². The summed E-state index contributed by atoms with van der Waals surface area (Å²) in [6.45, 7) is 6.46. The van der Waals surface area contributed by atoms with Gasteiger partial charge in [0.2, 0.25) is 0 Å². The quantitative estimate of drug-likeness (QED) is 0.572. The van der Waals surface area contributed by atoms with Crippen LogP contribution in [0.3, 0.4) is 0 Å². The van der Waals surface area contributed by atoms with Crippen molar-refractivity contribution >= 4 is 5.97 Å². The van der Waals surface area contributed by atoms with Crippen LogP contribution in [-0.4, -0.2) is 35.0 Å². The molecule has 1 heterocycles. The number of aliphatic hydroxyl groups is 2. The number of allylic oxidation sites excluding steroid dienone is 1. The molecule has 4 aliphatic carbocycles. The molecule has 0 aromatic carbocycles. The second-order valence-electron chi connectivity index (χ2n) is 9.57. The van der Waals surface area contributed by atoms with Crippen LogP contribution in [0.25, 0.3) is 0 Å². The van der Waals surface area contributed by atoms with Gasteiger partial charge in [0.25, 0.3) is 0 Å². The number of aliphatic hydroxyl groups excluding tert-OH is 2. The molecule has 4 saturated carbocycles. The highest BCUT2D eigenvalue weighted by Gasteiger charge is 2.75. The molecular formula is C20H28O4. The maximum absolute atomic E-state index is 12.8. The van der Waals surface area contributed by atoms with E-state index in [1.54, 1.807) is 0 Å². The molecule has 5 fully saturated rings. The fourth-order valence-corrected chi connectivity index (χ4v) is 8.05. The molecule has 1 spiro atoms. The molecule has 0 aromatic heterocycles. The van der Waals surface area contributed by atoms with Crippen LogP contribution in [0.2, 0.25) is 0 Å². The first-order valence-electron chi connectivity index (χ1n) is 9.57. The zero-order chi connectivity index (χ0) is 16.9. The van der Waals surface area contributed by atoms with Gasteiger partial charge in [-0.1, -0.05) is 25.5 Å². The van der Waals surface area contributed by atoms with Gasteiger partial charge in [-0.3, -0.25) is 4.79 Å². The average Bonchev–Trinajstić information content (AvgIpc) is 3.00. The summed E-state index contributed by atoms with van der Waals surface area (Å²) in [4.78, 5) is 12.8. The molecule has 2 bridgehead atoms. The Kier molecular flexibility index (Phi) is 2.85. The fourth-order valence-electron chi connectivity index (χ4n) is 8.05. The van der Waals surface area contributed by atoms with Crippen molar-refractivity contribution in [2.45, 2.75) is 64.1 Å². The Morgan fingerprint density at radius 2 is 2.12 bits per heavy atom. The molecule has 4 nitrogen and oxygen atoms in total. The van der Waals surface area contributed by atoms with Gasteiger partial charge in [0, 0.05) is 11.3 Å². The minimum atomic E-state index is -0.785. The van der Waals surface area contributed by atoms with Gasteiger partial charge < -0.3 is 14.9 Å². The van der Waals surface area contributed by atoms with E-state index in [-0.39, 0.29) is 29.3 Å². The number of ether oxygens (including phenoxy) is 1. The Morgan fingerprint density at radius 3 is 2.88 bits per heavy atom. The van der Waals surface area contributed by atoms with E-state index >= 15 is 0 Å². The van der Waals surface area contributed by atoms with Crippen molar-refractivity contribution in [2.75, 3.05) is 6.61 Å². The van der Waals surface area contributed by atoms with E-state index in [1.807, 2.05) is 0 Å². The second kappa shape index (κ2) is 4.45. The highest BCUT2D eigenvalue weighted by atomic mass is 16.6. The number of esters is 1. The van der Waals surface area contributed by atoms with Crippen molar-refractivity contribution in [3.8, 4) is 0 Å². The maximum Gasteiger partial charge on any atom is 0.315 e. The lowest BCUT2D eigenvalue weighted by Crippen LogP contribution is -2.66. The molecule has 5 rings (SSSR count). The average molecular weight is 332 g/mol. The van der Waals surface area contributed by atoms with Crippen LogP contribution in [0.5, 0.6) is 0 Å². The minimum absolute atomic E-state index is 0.0351. The summed E-state index contributed by atoms with van der Waals surface area (Å²) in [6.07, 6.45) is 5.81. The van der Waals surface area contributed by atoms with Gasteiger partial charge in [-0.15, -0.1) is 0 Å². The summed E-state index contributed by atoms with van der Waals surface area (Å²) in [5, 5.41) is 21.5. The first-order chi connectivity index (χ1) is 11.4. The number of carbonyl (C=O) groups is 1. The third-order valence-corrected chi connectivity index (χ3v) is 8.86. The third-order valence-electron chi connectivity index (χ3n) is 8.86. The second-order valence-corrected chi connectivity index (χ2v) is 9.57. The Hall–Kier alpha value is -0.870. The van der Waals surface area contributed by atoms with Gasteiger partial charge in [-0.05, 0) is 55.8 Å². The van der Waals surface area contributed by atoms with Crippen LogP contribution >= 0.6 is 0 Å². The first-order valence-corrected chi connectivity index (χ1v) is 9.57. The number of hydrogen-bond acceptors (Lipinski definition) is 4. The van der Waals surface area contributed by atoms with Crippen LogP contribution in [0.4, 0.5) is 0 Å². The molecular weight excluding hydrogens is 304 g/mol. The lowest BCUT2D eigenvalue weighted by atomic mass is 9.40. The van der Waals surface area contributed by atoms with Crippen molar-refractivity contribution in [3.05, 3.63) is 12.2 Å². The monoisotopic (exact) mass is 332 g/mol. The molecule has 24 heavy (non-hydrogen) atoms. The lowest BCUT2D eigenvalue weighted by Gasteiger charge is -2.64. The predicted molar refractivity (Wildman–Crippen MR) is 87.9 cm³/mol. The summed E-state index contributed by atoms with van der Waals surface area (Å²) >= 11 is 0. The SMILES string of the molecule is C=C1CC23CC1CCC2C1(C)CCCC2(CO)C(=O)OC(C21)C3O. The molecule has 8 unspecified atom stereocenters. The van der Waals surface area contributed by atoms with Crippen molar-refractivity contribution < 1.29 is 19.7 Å². The molecule has 132 valence electrons. The molecule has 2 N–H and O–H groups in total. The molecule has 1 aliphatic heterocycles. The third kappa shape index (κ3) is 1.44. The first kappa shape index (κ1) is 15.4. The largest absolute Gasteiger partial charge is 0.459 e. The number of fused-ring (bicyclic) bond motifs is 2. The molecule has 0 amide bonds. The van der Waals surface area contributed by atoms with E-state index in [1.165, 1.54) is 5.57 Å². The summed E-state index contributed by atoms with van der Waals surface area (Å²) in [7, 11) is 0. The van der Waals surface area contributed by atoms with E-state index < -0.39 is 17.6 Å². The number of carbonyl (C=O) groups excluding carboxylic acids is 1. The zero-order valence-electron chi connectivity index (χ0n) is 14.5. The molecule has 0 radical (unpaired) electrons. The highest BCUT2D eigenvalue weighted by molar-refractivity contribution is 5.80. The standard InChI is InChI=1S/C20H28O4/c1-11-8-20-9-12(11)4-5-13(20)18(2)6-3-7-19(10-21)15(18)14(16(20)22)24-17(19)23/h12-16,21-22H,1,3-10H2,2H3. The summed E-state index contributed by atoms with van der Waals surface area (Å²) in [6, 6.07) is 0. The van der Waals surface area contributed by atoms with E-state index in [2.05, 4.69) is 13.5 Å². The smallest absolute Gasteiger partial charge is 0.315 e. The number of rotatable bonds is 1. The van der Waals surface area contributed by atoms with E-state index in [0.717, 1.165) is 38.5 Å². The maximum atomic E-state index is 12.8. The Balaban J connectivity index is 1.69. The number of hydrogen-bond donors (Lipinski definition) is 2. The van der Waals surface area contributed by atoms with Crippen molar-refractivity contribution in [1.29, 1.82) is 0 Å². The normalized spacial score (nSPS) is 58.2. The summed E-state index contributed by atoms with van der Waals surface area (Å²) < 4.78 is 5.80. The zero-order valence-corrected chi connectivity index (χ0v) is 14.5. The van der Waals surface area contributed by atoms with Crippen LogP contribution in [-0.2, 0) is 9.53 Å². The van der Waals surface area contributed by atoms with Crippen molar-refractivity contribution in [3.63, 3.8) is 0 Å². The molecule has 5 aliphatic rings. The van der Waals surface area contributed by atoms with Crippen LogP contribution in [0.15, 0.2) is 12.2 Å². The van der Waals surface area contributed by atoms with Gasteiger partial charge in [0.15, 0.2) is 0 Å². The molecule has 0 aromatic rings. The highest BCUT2D eigenvalue weighted by Crippen LogP contribution is 2.74. The van der Waals surface area contributed by atoms with Gasteiger partial charge in [0.1, 0.15) is 6.10 Å². The Bertz CT molecular complexity index is 629. The van der Waals surface area contributed by atoms with Crippen LogP contribution in [0, 0.1) is 34.0 Å². The van der Waals surface area contributed by atoms with Crippen LogP contribution in [0.1, 0.15) is 51.9 Å². The summed E-state index contributed by atoms with van der Waals surface area (Å²) in [5.41, 5.74) is 0.297. The van der Waals surface area contributed by atoms with E-state index in [0.29, 0.717) is 18.3 Å². The predicted octanol–water partition coefficient (Wildman–Crippen LogP) is 2.43. The molecule has 1 saturated heterocycles. The molecule has 4 heteroatoms. The Morgan fingerprint density at radius 1 is 1.33 bits per heavy atom. The molecule has 8 atom stereocenters. The van der Waals surface area contributed by atoms with Gasteiger partial charge in [-0.25, -0.2) is 0 Å². The van der Waals surface area contributed by atoms with E-state index in [9.17, 15) is 15.0 Å². The summed E-state index contributed by atoms with van der Waals surface area (Å²) in [5.74, 6) is 0.609. The van der Waals surface area contributed by atoms with Gasteiger partial charge in [-0.2, -0.15) is 0 Å². The van der Waals surface area contributed by atoms with Crippen molar-refractivity contribution in [2.24, 2.45) is 34.0 Å². The minimum Gasteiger partial charge on any atom is -0.459 e. The fraction of sp³-hybridized carbons (Fsp3) is 0.850. The van der Waals surface area contributed by atoms with Crippen LogP contribution < -0.4 is 0 Å². The van der Waals surface area contributed by atoms with Crippen molar-refractivity contribution in [1.82, 2.24) is 0 Å². The lowest BCUT2D eigenvalue weighted by molar-refractivity contribution is -0.223. The van der Waals surface area contributed by atoms with Gasteiger partial charge >= 0.3 is 5.97 Å². The Labute approximate surface area is 143 Å². The van der Waals surface area contributed by atoms with E-state index in [4.69, 9.17) is 4.74 Å².